The summed E-state index contributed by atoms with van der Waals surface area (Å²) in [6.07, 6.45) is 5.23. The van der Waals surface area contributed by atoms with Crippen molar-refractivity contribution in [1.29, 1.82) is 5.26 Å². The van der Waals surface area contributed by atoms with Gasteiger partial charge in [0.25, 0.3) is 0 Å². The van der Waals surface area contributed by atoms with Crippen molar-refractivity contribution < 1.29 is 4.79 Å². The second-order valence-electron chi connectivity index (χ2n) is 9.84. The van der Waals surface area contributed by atoms with E-state index >= 15 is 0 Å². The second kappa shape index (κ2) is 7.32. The van der Waals surface area contributed by atoms with Crippen LogP contribution in [0.4, 0.5) is 5.69 Å². The Morgan fingerprint density at radius 2 is 2.09 bits per heavy atom. The number of benzene rings is 2. The molecular formula is C26H27N7O. The van der Waals surface area contributed by atoms with E-state index in [0.717, 1.165) is 76.9 Å². The molecule has 2 aromatic heterocycles. The molecule has 6 rings (SSSR count). The number of H-pyrrole nitrogens is 1. The Labute approximate surface area is 197 Å². The van der Waals surface area contributed by atoms with Crippen LogP contribution in [0.1, 0.15) is 30.9 Å². The summed E-state index contributed by atoms with van der Waals surface area (Å²) in [5.41, 5.74) is 7.46. The predicted molar refractivity (Wildman–Crippen MR) is 131 cm³/mol. The molecule has 0 atom stereocenters. The Morgan fingerprint density at radius 3 is 2.85 bits per heavy atom. The third kappa shape index (κ3) is 2.86. The molecule has 4 aromatic rings. The summed E-state index contributed by atoms with van der Waals surface area (Å²) in [7, 11) is 1.99. The van der Waals surface area contributed by atoms with Crippen LogP contribution in [0.25, 0.3) is 33.1 Å². The van der Waals surface area contributed by atoms with Crippen molar-refractivity contribution in [3.63, 3.8) is 0 Å². The number of anilines is 1. The van der Waals surface area contributed by atoms with Crippen molar-refractivity contribution in [2.24, 2.45) is 12.5 Å². The number of likely N-dealkylation sites (tertiary alicyclic amines) is 1. The molecule has 0 unspecified atom stereocenters. The molecule has 1 N–H and O–H groups in total. The quantitative estimate of drug-likeness (QED) is 0.510. The number of nitriles is 1. The van der Waals surface area contributed by atoms with E-state index in [1.54, 1.807) is 0 Å². The number of carbonyl (C=O) groups excluding carboxylic acids is 1. The molecular weight excluding hydrogens is 426 g/mol. The standard InChI is InChI=1S/C26H27N7O/c1-4-22(34)33-13-26(14-33)7-8-32(12-26)20-9-21-25(28-15-31(21)3)24(17(20)10-27)23-16(2)5-6-19-18(23)11-29-30-19/h5-6,9,11,15H,4,7-8,12-14H2,1-3H3,(H,29,30). The van der Waals surface area contributed by atoms with Crippen LogP contribution >= 0.6 is 0 Å². The fraction of sp³-hybridized carbons (Fsp3) is 0.385. The zero-order valence-electron chi connectivity index (χ0n) is 19.7. The van der Waals surface area contributed by atoms with Crippen molar-refractivity contribution in [2.75, 3.05) is 31.1 Å². The number of fused-ring (bicyclic) bond motifs is 2. The van der Waals surface area contributed by atoms with Gasteiger partial charge in [0.15, 0.2) is 0 Å². The third-order valence-corrected chi connectivity index (χ3v) is 7.68. The fourth-order valence-electron chi connectivity index (χ4n) is 5.88. The molecule has 2 fully saturated rings. The monoisotopic (exact) mass is 453 g/mol. The van der Waals surface area contributed by atoms with Crippen molar-refractivity contribution in [2.45, 2.75) is 26.7 Å². The lowest BCUT2D eigenvalue weighted by Crippen LogP contribution is -2.59. The van der Waals surface area contributed by atoms with Gasteiger partial charge in [-0.25, -0.2) is 4.98 Å². The molecule has 2 saturated heterocycles. The maximum absolute atomic E-state index is 12.1. The summed E-state index contributed by atoms with van der Waals surface area (Å²) in [5, 5.41) is 18.8. The molecule has 8 nitrogen and oxygen atoms in total. The van der Waals surface area contributed by atoms with Gasteiger partial charge >= 0.3 is 0 Å². The molecule has 0 bridgehead atoms. The van der Waals surface area contributed by atoms with Gasteiger partial charge in [-0.3, -0.25) is 9.89 Å². The number of nitrogens with one attached hydrogen (secondary N) is 1. The maximum Gasteiger partial charge on any atom is 0.222 e. The summed E-state index contributed by atoms with van der Waals surface area (Å²) in [6, 6.07) is 8.74. The molecule has 8 heteroatoms. The maximum atomic E-state index is 12.1. The fourth-order valence-corrected chi connectivity index (χ4v) is 5.88. The number of rotatable bonds is 3. The highest BCUT2D eigenvalue weighted by Gasteiger charge is 2.49. The van der Waals surface area contributed by atoms with Crippen molar-refractivity contribution >= 4 is 33.5 Å². The first kappa shape index (κ1) is 20.7. The SMILES string of the molecule is CCC(=O)N1CC2(CCN(c3cc4c(ncn4C)c(-c4c(C)ccc5[nH]ncc45)c3C#N)C2)C1. The van der Waals surface area contributed by atoms with Gasteiger partial charge in [0, 0.05) is 56.0 Å². The molecule has 0 radical (unpaired) electrons. The number of hydrogen-bond donors (Lipinski definition) is 1. The Hall–Kier alpha value is -3.86. The first-order valence-corrected chi connectivity index (χ1v) is 11.8. The van der Waals surface area contributed by atoms with E-state index in [1.165, 1.54) is 0 Å². The van der Waals surface area contributed by atoms with Crippen LogP contribution in [0.3, 0.4) is 0 Å². The van der Waals surface area contributed by atoms with Gasteiger partial charge in [-0.1, -0.05) is 13.0 Å². The van der Waals surface area contributed by atoms with E-state index in [4.69, 9.17) is 4.98 Å². The number of aromatic nitrogens is 4. The molecule has 0 saturated carbocycles. The topological polar surface area (TPSA) is 93.8 Å². The number of nitrogens with zero attached hydrogens (tertiary/aromatic N) is 6. The molecule has 1 spiro atoms. The lowest BCUT2D eigenvalue weighted by molar-refractivity contribution is -0.141. The van der Waals surface area contributed by atoms with Crippen molar-refractivity contribution in [3.8, 4) is 17.2 Å². The summed E-state index contributed by atoms with van der Waals surface area (Å²) >= 11 is 0. The molecule has 4 heterocycles. The van der Waals surface area contributed by atoms with E-state index in [9.17, 15) is 10.1 Å². The lowest BCUT2D eigenvalue weighted by atomic mass is 9.79. The van der Waals surface area contributed by atoms with Crippen LogP contribution in [0.2, 0.25) is 0 Å². The number of aryl methyl sites for hydroxylation is 2. The van der Waals surface area contributed by atoms with Crippen LogP contribution in [-0.4, -0.2) is 56.7 Å². The number of amides is 1. The van der Waals surface area contributed by atoms with E-state index in [1.807, 2.05) is 42.0 Å². The summed E-state index contributed by atoms with van der Waals surface area (Å²) in [6.45, 7) is 7.34. The normalized spacial score (nSPS) is 17.0. The van der Waals surface area contributed by atoms with Crippen molar-refractivity contribution in [3.05, 3.63) is 41.9 Å². The van der Waals surface area contributed by atoms with Gasteiger partial charge in [0.05, 0.1) is 40.3 Å². The highest BCUT2D eigenvalue weighted by Crippen LogP contribution is 2.46. The van der Waals surface area contributed by atoms with Gasteiger partial charge in [-0.2, -0.15) is 10.4 Å². The average Bonchev–Trinajstić information content (AvgIpc) is 3.55. The number of aromatic amines is 1. The highest BCUT2D eigenvalue weighted by molar-refractivity contribution is 6.07. The molecule has 2 aliphatic heterocycles. The summed E-state index contributed by atoms with van der Waals surface area (Å²) < 4.78 is 2.02. The zero-order valence-corrected chi connectivity index (χ0v) is 19.7. The Balaban J connectivity index is 1.51. The van der Waals surface area contributed by atoms with Gasteiger partial charge in [-0.15, -0.1) is 0 Å². The van der Waals surface area contributed by atoms with Crippen LogP contribution < -0.4 is 4.90 Å². The van der Waals surface area contributed by atoms with Gasteiger partial charge in [0.1, 0.15) is 6.07 Å². The molecule has 0 aliphatic carbocycles. The van der Waals surface area contributed by atoms with E-state index in [-0.39, 0.29) is 11.3 Å². The number of imidazole rings is 1. The van der Waals surface area contributed by atoms with Crippen LogP contribution in [-0.2, 0) is 11.8 Å². The molecule has 34 heavy (non-hydrogen) atoms. The van der Waals surface area contributed by atoms with Crippen molar-refractivity contribution in [1.82, 2.24) is 24.6 Å². The predicted octanol–water partition coefficient (Wildman–Crippen LogP) is 3.75. The van der Waals surface area contributed by atoms with E-state index < -0.39 is 0 Å². The second-order valence-corrected chi connectivity index (χ2v) is 9.84. The Morgan fingerprint density at radius 1 is 1.26 bits per heavy atom. The first-order chi connectivity index (χ1) is 16.4. The van der Waals surface area contributed by atoms with Gasteiger partial charge < -0.3 is 14.4 Å². The minimum absolute atomic E-state index is 0.125. The Bertz CT molecular complexity index is 1500. The third-order valence-electron chi connectivity index (χ3n) is 7.68. The molecule has 172 valence electrons. The summed E-state index contributed by atoms with van der Waals surface area (Å²) in [4.78, 5) is 21.1. The summed E-state index contributed by atoms with van der Waals surface area (Å²) in [5.74, 6) is 0.226. The van der Waals surface area contributed by atoms with Gasteiger partial charge in [-0.05, 0) is 36.6 Å². The lowest BCUT2D eigenvalue weighted by Gasteiger charge is -2.48. The Kier molecular flexibility index (Phi) is 4.46. The van der Waals surface area contributed by atoms with Crippen LogP contribution in [0.5, 0.6) is 0 Å². The zero-order chi connectivity index (χ0) is 23.6. The highest BCUT2D eigenvalue weighted by atomic mass is 16.2. The minimum Gasteiger partial charge on any atom is -0.370 e. The molecule has 2 aliphatic rings. The van der Waals surface area contributed by atoms with Crippen LogP contribution in [0, 0.1) is 23.7 Å². The largest absolute Gasteiger partial charge is 0.370 e. The molecule has 2 aromatic carbocycles. The number of hydrogen-bond acceptors (Lipinski definition) is 5. The minimum atomic E-state index is 0.125. The van der Waals surface area contributed by atoms with E-state index in [0.29, 0.717) is 12.0 Å². The van der Waals surface area contributed by atoms with Crippen LogP contribution in [0.15, 0.2) is 30.7 Å². The average molecular weight is 454 g/mol. The molecule has 1 amide bonds. The first-order valence-electron chi connectivity index (χ1n) is 11.8. The smallest absolute Gasteiger partial charge is 0.222 e. The number of carbonyl (C=O) groups is 1. The van der Waals surface area contributed by atoms with E-state index in [2.05, 4.69) is 40.2 Å². The van der Waals surface area contributed by atoms with Gasteiger partial charge in [0.2, 0.25) is 5.91 Å².